The van der Waals surface area contributed by atoms with Gasteiger partial charge in [-0.2, -0.15) is 0 Å². The van der Waals surface area contributed by atoms with Gasteiger partial charge in [0.15, 0.2) is 5.82 Å². The number of carbonyl (C=O) groups is 2. The van der Waals surface area contributed by atoms with Gasteiger partial charge in [-0.3, -0.25) is 14.5 Å². The van der Waals surface area contributed by atoms with Crippen molar-refractivity contribution >= 4 is 23.3 Å². The topological polar surface area (TPSA) is 92.9 Å². The van der Waals surface area contributed by atoms with Gasteiger partial charge in [0.1, 0.15) is 17.3 Å². The SMILES string of the molecule is CCCOc1cccc(C2C(=C(O)c3ccccc3)C(=O)C(=O)N2c2cc(C)on2)c1. The Morgan fingerprint density at radius 3 is 2.58 bits per heavy atom. The summed E-state index contributed by atoms with van der Waals surface area (Å²) in [5.41, 5.74) is 1.05. The van der Waals surface area contributed by atoms with E-state index in [1.165, 1.54) is 4.90 Å². The average molecular weight is 418 g/mol. The minimum absolute atomic E-state index is 0.00973. The second-order valence-corrected chi connectivity index (χ2v) is 7.25. The van der Waals surface area contributed by atoms with Crippen LogP contribution in [0.3, 0.4) is 0 Å². The number of nitrogens with zero attached hydrogens (tertiary/aromatic N) is 2. The maximum atomic E-state index is 13.1. The third-order valence-electron chi connectivity index (χ3n) is 5.00. The predicted octanol–water partition coefficient (Wildman–Crippen LogP) is 4.40. The molecule has 1 saturated heterocycles. The normalized spacial score (nSPS) is 17.9. The van der Waals surface area contributed by atoms with Crippen LogP contribution in [-0.2, 0) is 9.59 Å². The molecule has 0 radical (unpaired) electrons. The molecule has 0 aliphatic carbocycles. The molecule has 7 heteroatoms. The van der Waals surface area contributed by atoms with Gasteiger partial charge in [-0.05, 0) is 31.0 Å². The first-order chi connectivity index (χ1) is 15.0. The number of amides is 1. The second kappa shape index (κ2) is 8.47. The van der Waals surface area contributed by atoms with Crippen molar-refractivity contribution < 1.29 is 24.0 Å². The standard InChI is InChI=1S/C24H22N2O5/c1-3-12-30-18-11-7-10-17(14-18)21-20(22(27)16-8-5-4-6-9-16)23(28)24(29)26(21)19-13-15(2)31-25-19/h4-11,13-14,21,27H,3,12H2,1-2H3. The van der Waals surface area contributed by atoms with Crippen molar-refractivity contribution in [2.75, 3.05) is 11.5 Å². The molecule has 1 unspecified atom stereocenters. The third kappa shape index (κ3) is 3.82. The molecule has 1 aliphatic rings. The van der Waals surface area contributed by atoms with Crippen LogP contribution in [0.5, 0.6) is 5.75 Å². The van der Waals surface area contributed by atoms with Crippen LogP contribution in [0, 0.1) is 6.92 Å². The first-order valence-corrected chi connectivity index (χ1v) is 10.0. The van der Waals surface area contributed by atoms with Crippen LogP contribution in [0.15, 0.2) is 70.8 Å². The van der Waals surface area contributed by atoms with Crippen LogP contribution in [0.4, 0.5) is 5.82 Å². The van der Waals surface area contributed by atoms with Crippen LogP contribution >= 0.6 is 0 Å². The van der Waals surface area contributed by atoms with E-state index < -0.39 is 17.7 Å². The van der Waals surface area contributed by atoms with E-state index in [4.69, 9.17) is 9.26 Å². The molecule has 1 aliphatic heterocycles. The average Bonchev–Trinajstić information content (AvgIpc) is 3.33. The van der Waals surface area contributed by atoms with Crippen molar-refractivity contribution in [3.05, 3.63) is 83.1 Å². The zero-order chi connectivity index (χ0) is 22.0. The molecule has 1 amide bonds. The summed E-state index contributed by atoms with van der Waals surface area (Å²) in [4.78, 5) is 27.3. The number of benzene rings is 2. The van der Waals surface area contributed by atoms with Crippen LogP contribution in [0.25, 0.3) is 5.76 Å². The second-order valence-electron chi connectivity index (χ2n) is 7.25. The lowest BCUT2D eigenvalue weighted by Gasteiger charge is -2.23. The number of aryl methyl sites for hydroxylation is 1. The highest BCUT2D eigenvalue weighted by Crippen LogP contribution is 2.42. The molecule has 31 heavy (non-hydrogen) atoms. The lowest BCUT2D eigenvalue weighted by atomic mass is 9.95. The van der Waals surface area contributed by atoms with Crippen molar-refractivity contribution in [1.29, 1.82) is 0 Å². The van der Waals surface area contributed by atoms with E-state index in [0.29, 0.717) is 29.2 Å². The zero-order valence-electron chi connectivity index (χ0n) is 17.2. The van der Waals surface area contributed by atoms with Crippen molar-refractivity contribution in [3.8, 4) is 5.75 Å². The Bertz CT molecular complexity index is 1150. The Morgan fingerprint density at radius 2 is 1.90 bits per heavy atom. The Labute approximate surface area is 179 Å². The fourth-order valence-corrected chi connectivity index (χ4v) is 3.60. The Morgan fingerprint density at radius 1 is 1.13 bits per heavy atom. The zero-order valence-corrected chi connectivity index (χ0v) is 17.2. The number of ketones is 1. The number of hydrogen-bond donors (Lipinski definition) is 1. The molecule has 1 aromatic heterocycles. The highest BCUT2D eigenvalue weighted by Gasteiger charge is 2.48. The van der Waals surface area contributed by atoms with Gasteiger partial charge < -0.3 is 14.4 Å². The quantitative estimate of drug-likeness (QED) is 0.362. The van der Waals surface area contributed by atoms with Gasteiger partial charge in [-0.1, -0.05) is 54.5 Å². The van der Waals surface area contributed by atoms with Crippen molar-refractivity contribution in [2.24, 2.45) is 0 Å². The van der Waals surface area contributed by atoms with E-state index in [1.54, 1.807) is 61.5 Å². The molecule has 2 heterocycles. The van der Waals surface area contributed by atoms with Crippen molar-refractivity contribution in [3.63, 3.8) is 0 Å². The van der Waals surface area contributed by atoms with E-state index >= 15 is 0 Å². The molecule has 0 spiro atoms. The summed E-state index contributed by atoms with van der Waals surface area (Å²) in [5, 5.41) is 15.0. The Hall–Kier alpha value is -3.87. The van der Waals surface area contributed by atoms with Crippen LogP contribution in [0.1, 0.15) is 36.3 Å². The monoisotopic (exact) mass is 418 g/mol. The molecule has 4 rings (SSSR count). The molecular formula is C24H22N2O5. The molecule has 1 fully saturated rings. The van der Waals surface area contributed by atoms with Gasteiger partial charge in [-0.25, -0.2) is 0 Å². The first-order valence-electron chi connectivity index (χ1n) is 10.0. The summed E-state index contributed by atoms with van der Waals surface area (Å²) in [7, 11) is 0. The fraction of sp³-hybridized carbons (Fsp3) is 0.208. The smallest absolute Gasteiger partial charge is 0.301 e. The van der Waals surface area contributed by atoms with E-state index in [1.807, 2.05) is 13.0 Å². The fourth-order valence-electron chi connectivity index (χ4n) is 3.60. The summed E-state index contributed by atoms with van der Waals surface area (Å²) in [6.45, 7) is 4.24. The highest BCUT2D eigenvalue weighted by molar-refractivity contribution is 6.51. The summed E-state index contributed by atoms with van der Waals surface area (Å²) >= 11 is 0. The van der Waals surface area contributed by atoms with Crippen molar-refractivity contribution in [1.82, 2.24) is 5.16 Å². The Balaban J connectivity index is 1.90. The van der Waals surface area contributed by atoms with Gasteiger partial charge in [0.25, 0.3) is 5.78 Å². The number of rotatable bonds is 6. The maximum Gasteiger partial charge on any atom is 0.301 e. The Kier molecular flexibility index (Phi) is 5.58. The number of hydrogen-bond acceptors (Lipinski definition) is 6. The van der Waals surface area contributed by atoms with Gasteiger partial charge >= 0.3 is 5.91 Å². The predicted molar refractivity (Wildman–Crippen MR) is 115 cm³/mol. The van der Waals surface area contributed by atoms with E-state index in [2.05, 4.69) is 5.16 Å². The molecule has 3 aromatic rings. The van der Waals surface area contributed by atoms with E-state index in [-0.39, 0.29) is 17.2 Å². The number of Topliss-reactive ketones (excluding diaryl/α,β-unsaturated/α-hetero) is 1. The molecule has 7 nitrogen and oxygen atoms in total. The molecule has 1 atom stereocenters. The highest BCUT2D eigenvalue weighted by atomic mass is 16.5. The molecule has 158 valence electrons. The van der Waals surface area contributed by atoms with Crippen LogP contribution in [-0.4, -0.2) is 28.6 Å². The molecular weight excluding hydrogens is 396 g/mol. The summed E-state index contributed by atoms with van der Waals surface area (Å²) in [5.74, 6) is -0.495. The summed E-state index contributed by atoms with van der Waals surface area (Å²) in [6, 6.07) is 16.5. The van der Waals surface area contributed by atoms with E-state index in [0.717, 1.165) is 6.42 Å². The van der Waals surface area contributed by atoms with Crippen LogP contribution in [0.2, 0.25) is 0 Å². The number of ether oxygens (including phenoxy) is 1. The largest absolute Gasteiger partial charge is 0.507 e. The number of aliphatic hydroxyl groups is 1. The van der Waals surface area contributed by atoms with Gasteiger partial charge in [0.2, 0.25) is 0 Å². The number of aromatic nitrogens is 1. The van der Waals surface area contributed by atoms with Crippen molar-refractivity contribution in [2.45, 2.75) is 26.3 Å². The first kappa shape index (κ1) is 20.4. The summed E-state index contributed by atoms with van der Waals surface area (Å²) < 4.78 is 10.9. The van der Waals surface area contributed by atoms with Gasteiger partial charge in [0, 0.05) is 11.6 Å². The molecule has 0 bridgehead atoms. The van der Waals surface area contributed by atoms with E-state index in [9.17, 15) is 14.7 Å². The number of carbonyl (C=O) groups excluding carboxylic acids is 2. The van der Waals surface area contributed by atoms with Gasteiger partial charge in [0.05, 0.1) is 18.2 Å². The summed E-state index contributed by atoms with van der Waals surface area (Å²) in [6.07, 6.45) is 0.842. The molecule has 2 aromatic carbocycles. The molecule has 1 N–H and O–H groups in total. The minimum Gasteiger partial charge on any atom is -0.507 e. The van der Waals surface area contributed by atoms with Crippen LogP contribution < -0.4 is 9.64 Å². The lowest BCUT2D eigenvalue weighted by Crippen LogP contribution is -2.29. The number of aliphatic hydroxyl groups excluding tert-OH is 1. The maximum absolute atomic E-state index is 13.1. The minimum atomic E-state index is -0.880. The van der Waals surface area contributed by atoms with Gasteiger partial charge in [-0.15, -0.1) is 0 Å². The number of anilines is 1. The third-order valence-corrected chi connectivity index (χ3v) is 5.00. The molecule has 0 saturated carbocycles. The lowest BCUT2D eigenvalue weighted by molar-refractivity contribution is -0.132.